The fraction of sp³-hybridized carbons (Fsp3) is 0.286. The molecule has 2 N–H and O–H groups in total. The van der Waals surface area contributed by atoms with Crippen molar-refractivity contribution in [3.8, 4) is 0 Å². The average Bonchev–Trinajstić information content (AvgIpc) is 2.32. The number of halogens is 1. The van der Waals surface area contributed by atoms with Crippen LogP contribution in [-0.4, -0.2) is 23.0 Å². The van der Waals surface area contributed by atoms with Crippen LogP contribution in [0.5, 0.6) is 0 Å². The van der Waals surface area contributed by atoms with Crippen LogP contribution in [0.1, 0.15) is 29.3 Å². The van der Waals surface area contributed by atoms with Crippen molar-refractivity contribution < 1.29 is 19.1 Å². The standard InChI is InChI=1S/C14H16FNO3/c1-3-4-5-12(14(18)19)16-13(17)10-6-9(2)7-11(15)8-10/h3-4,6-8,12H,5H2,1-2H3,(H,16,17)(H,18,19)/b4-3+. The topological polar surface area (TPSA) is 66.4 Å². The van der Waals surface area contributed by atoms with Gasteiger partial charge >= 0.3 is 5.97 Å². The number of carbonyl (C=O) groups excluding carboxylic acids is 1. The molecule has 4 nitrogen and oxygen atoms in total. The minimum absolute atomic E-state index is 0.115. The quantitative estimate of drug-likeness (QED) is 0.803. The number of nitrogens with one attached hydrogen (secondary N) is 1. The van der Waals surface area contributed by atoms with E-state index in [1.165, 1.54) is 12.1 Å². The lowest BCUT2D eigenvalue weighted by Gasteiger charge is -2.13. The maximum absolute atomic E-state index is 13.2. The van der Waals surface area contributed by atoms with E-state index in [-0.39, 0.29) is 12.0 Å². The van der Waals surface area contributed by atoms with Crippen LogP contribution in [0.4, 0.5) is 4.39 Å². The molecule has 1 unspecified atom stereocenters. The van der Waals surface area contributed by atoms with Gasteiger partial charge in [0.05, 0.1) is 0 Å². The highest BCUT2D eigenvalue weighted by molar-refractivity contribution is 5.96. The first-order valence-electron chi connectivity index (χ1n) is 5.86. The number of amides is 1. The van der Waals surface area contributed by atoms with Gasteiger partial charge in [0.15, 0.2) is 0 Å². The van der Waals surface area contributed by atoms with E-state index >= 15 is 0 Å². The third-order valence-electron chi connectivity index (χ3n) is 2.52. The van der Waals surface area contributed by atoms with E-state index in [0.717, 1.165) is 6.07 Å². The summed E-state index contributed by atoms with van der Waals surface area (Å²) in [6.45, 7) is 3.42. The van der Waals surface area contributed by atoms with Crippen molar-refractivity contribution in [1.82, 2.24) is 5.32 Å². The van der Waals surface area contributed by atoms with Gasteiger partial charge in [-0.05, 0) is 44.0 Å². The normalized spacial score (nSPS) is 12.4. The van der Waals surface area contributed by atoms with E-state index in [9.17, 15) is 14.0 Å². The van der Waals surface area contributed by atoms with Crippen LogP contribution in [0.3, 0.4) is 0 Å². The molecule has 0 aromatic heterocycles. The number of carbonyl (C=O) groups is 2. The number of hydrogen-bond donors (Lipinski definition) is 2. The zero-order valence-electron chi connectivity index (χ0n) is 10.8. The number of benzene rings is 1. The SMILES string of the molecule is C/C=C/CC(NC(=O)c1cc(C)cc(F)c1)C(=O)O. The van der Waals surface area contributed by atoms with Crippen molar-refractivity contribution in [2.24, 2.45) is 0 Å². The zero-order chi connectivity index (χ0) is 14.4. The van der Waals surface area contributed by atoms with Gasteiger partial charge in [0.2, 0.25) is 0 Å². The molecular formula is C14H16FNO3. The van der Waals surface area contributed by atoms with Crippen LogP contribution in [0.15, 0.2) is 30.4 Å². The smallest absolute Gasteiger partial charge is 0.326 e. The van der Waals surface area contributed by atoms with E-state index in [4.69, 9.17) is 5.11 Å². The molecule has 0 bridgehead atoms. The van der Waals surface area contributed by atoms with Crippen LogP contribution >= 0.6 is 0 Å². The maximum Gasteiger partial charge on any atom is 0.326 e. The van der Waals surface area contributed by atoms with Crippen LogP contribution in [0, 0.1) is 12.7 Å². The van der Waals surface area contributed by atoms with Gasteiger partial charge in [-0.2, -0.15) is 0 Å². The second-order valence-corrected chi connectivity index (χ2v) is 4.19. The molecule has 0 aliphatic carbocycles. The monoisotopic (exact) mass is 265 g/mol. The molecule has 1 aromatic carbocycles. The minimum Gasteiger partial charge on any atom is -0.480 e. The summed E-state index contributed by atoms with van der Waals surface area (Å²) in [5, 5.41) is 11.3. The highest BCUT2D eigenvalue weighted by Gasteiger charge is 2.19. The molecule has 5 heteroatoms. The fourth-order valence-corrected chi connectivity index (χ4v) is 1.60. The van der Waals surface area contributed by atoms with E-state index in [1.807, 2.05) is 0 Å². The number of allylic oxidation sites excluding steroid dienone is 1. The molecule has 1 atom stereocenters. The fourth-order valence-electron chi connectivity index (χ4n) is 1.60. The van der Waals surface area contributed by atoms with Crippen molar-refractivity contribution >= 4 is 11.9 Å². The Kier molecular flexibility index (Phi) is 5.23. The van der Waals surface area contributed by atoms with E-state index in [2.05, 4.69) is 5.32 Å². The molecule has 0 saturated heterocycles. The Morgan fingerprint density at radius 1 is 1.42 bits per heavy atom. The maximum atomic E-state index is 13.2. The highest BCUT2D eigenvalue weighted by atomic mass is 19.1. The first-order chi connectivity index (χ1) is 8.93. The van der Waals surface area contributed by atoms with Gasteiger partial charge < -0.3 is 10.4 Å². The summed E-state index contributed by atoms with van der Waals surface area (Å²) >= 11 is 0. The number of aliphatic carboxylic acids is 1. The van der Waals surface area contributed by atoms with Gasteiger partial charge in [0.25, 0.3) is 5.91 Å². The third-order valence-corrected chi connectivity index (χ3v) is 2.52. The van der Waals surface area contributed by atoms with E-state index in [1.54, 1.807) is 26.0 Å². The molecular weight excluding hydrogens is 249 g/mol. The van der Waals surface area contributed by atoms with Crippen LogP contribution in [0.25, 0.3) is 0 Å². The first-order valence-corrected chi connectivity index (χ1v) is 5.86. The largest absolute Gasteiger partial charge is 0.480 e. The summed E-state index contributed by atoms with van der Waals surface area (Å²) in [7, 11) is 0. The Morgan fingerprint density at radius 3 is 2.63 bits per heavy atom. The molecule has 0 saturated carbocycles. The summed E-state index contributed by atoms with van der Waals surface area (Å²) in [6, 6.07) is 2.86. The molecule has 0 aliphatic heterocycles. The molecule has 0 spiro atoms. The zero-order valence-corrected chi connectivity index (χ0v) is 10.8. The van der Waals surface area contributed by atoms with Gasteiger partial charge in [-0.25, -0.2) is 9.18 Å². The Hall–Kier alpha value is -2.17. The summed E-state index contributed by atoms with van der Waals surface area (Å²) in [5.74, 6) is -2.25. The summed E-state index contributed by atoms with van der Waals surface area (Å²) < 4.78 is 13.2. The van der Waals surface area contributed by atoms with Crippen LogP contribution in [-0.2, 0) is 4.79 Å². The molecule has 19 heavy (non-hydrogen) atoms. The second kappa shape index (κ2) is 6.68. The lowest BCUT2D eigenvalue weighted by molar-refractivity contribution is -0.139. The summed E-state index contributed by atoms with van der Waals surface area (Å²) in [4.78, 5) is 22.8. The number of hydrogen-bond acceptors (Lipinski definition) is 2. The Morgan fingerprint density at radius 2 is 2.11 bits per heavy atom. The van der Waals surface area contributed by atoms with Crippen molar-refractivity contribution in [2.75, 3.05) is 0 Å². The van der Waals surface area contributed by atoms with E-state index in [0.29, 0.717) is 5.56 Å². The lowest BCUT2D eigenvalue weighted by atomic mass is 10.1. The summed E-state index contributed by atoms with van der Waals surface area (Å²) in [6.07, 6.45) is 3.54. The Labute approximate surface area is 110 Å². The Bertz CT molecular complexity index is 491. The Balaban J connectivity index is 2.84. The van der Waals surface area contributed by atoms with Crippen molar-refractivity contribution in [3.05, 3.63) is 47.3 Å². The van der Waals surface area contributed by atoms with Crippen molar-refractivity contribution in [2.45, 2.75) is 26.3 Å². The lowest BCUT2D eigenvalue weighted by Crippen LogP contribution is -2.40. The molecule has 102 valence electrons. The molecule has 1 amide bonds. The minimum atomic E-state index is -1.13. The third kappa shape index (κ3) is 4.54. The molecule has 0 aliphatic rings. The number of rotatable bonds is 5. The van der Waals surface area contributed by atoms with E-state index < -0.39 is 23.7 Å². The molecule has 0 radical (unpaired) electrons. The molecule has 0 heterocycles. The summed E-state index contributed by atoms with van der Waals surface area (Å²) in [5.41, 5.74) is 0.717. The predicted octanol–water partition coefficient (Wildman–Crippen LogP) is 2.28. The number of carboxylic acid groups (broad SMARTS) is 1. The molecule has 1 rings (SSSR count). The van der Waals surface area contributed by atoms with Crippen molar-refractivity contribution in [1.29, 1.82) is 0 Å². The van der Waals surface area contributed by atoms with Gasteiger partial charge in [0, 0.05) is 5.56 Å². The van der Waals surface area contributed by atoms with Crippen LogP contribution in [0.2, 0.25) is 0 Å². The molecule has 1 aromatic rings. The predicted molar refractivity (Wildman–Crippen MR) is 69.5 cm³/mol. The van der Waals surface area contributed by atoms with Gasteiger partial charge in [-0.15, -0.1) is 0 Å². The average molecular weight is 265 g/mol. The molecule has 0 fully saturated rings. The first kappa shape index (κ1) is 14.9. The number of aryl methyl sites for hydroxylation is 1. The van der Waals surface area contributed by atoms with Crippen molar-refractivity contribution in [3.63, 3.8) is 0 Å². The second-order valence-electron chi connectivity index (χ2n) is 4.19. The van der Waals surface area contributed by atoms with Gasteiger partial charge in [-0.3, -0.25) is 4.79 Å². The van der Waals surface area contributed by atoms with Gasteiger partial charge in [0.1, 0.15) is 11.9 Å². The highest BCUT2D eigenvalue weighted by Crippen LogP contribution is 2.09. The van der Waals surface area contributed by atoms with Crippen LogP contribution < -0.4 is 5.32 Å². The number of carboxylic acids is 1. The van der Waals surface area contributed by atoms with Gasteiger partial charge in [-0.1, -0.05) is 12.2 Å².